The molecule has 3 rings (SSSR count). The Kier molecular flexibility index (Phi) is 5.06. The van der Waals surface area contributed by atoms with Crippen LogP contribution in [-0.4, -0.2) is 34.6 Å². The highest BCUT2D eigenvalue weighted by Gasteiger charge is 2.26. The van der Waals surface area contributed by atoms with Gasteiger partial charge in [-0.1, -0.05) is 29.3 Å². The van der Waals surface area contributed by atoms with Crippen LogP contribution in [0.2, 0.25) is 10.0 Å². The first kappa shape index (κ1) is 17.5. The number of amides is 1. The molecule has 2 aromatic rings. The van der Waals surface area contributed by atoms with Gasteiger partial charge in [0.1, 0.15) is 0 Å². The minimum Gasteiger partial charge on any atom is -0.400 e. The van der Waals surface area contributed by atoms with Gasteiger partial charge in [0.2, 0.25) is 0 Å². The molecule has 0 bridgehead atoms. The largest absolute Gasteiger partial charge is 0.400 e. The van der Waals surface area contributed by atoms with Crippen molar-refractivity contribution in [3.63, 3.8) is 0 Å². The van der Waals surface area contributed by atoms with Gasteiger partial charge in [-0.25, -0.2) is 0 Å². The molecular weight excluding hydrogens is 359 g/mol. The average molecular weight is 375 g/mol. The van der Waals surface area contributed by atoms with Gasteiger partial charge in [0, 0.05) is 30.2 Å². The van der Waals surface area contributed by atoms with Crippen molar-refractivity contribution in [2.75, 3.05) is 13.1 Å². The Morgan fingerprint density at radius 2 is 1.92 bits per heavy atom. The second-order valence-corrected chi connectivity index (χ2v) is 6.48. The van der Waals surface area contributed by atoms with Crippen LogP contribution in [0.25, 0.3) is 0 Å². The molecule has 1 aromatic carbocycles. The highest BCUT2D eigenvalue weighted by molar-refractivity contribution is 6.43. The van der Waals surface area contributed by atoms with Gasteiger partial charge < -0.3 is 10.6 Å². The third-order valence-corrected chi connectivity index (χ3v) is 4.94. The Hall–Kier alpha value is -2.37. The minimum absolute atomic E-state index is 0.218. The lowest BCUT2D eigenvalue weighted by molar-refractivity contribution is 0.0764. The van der Waals surface area contributed by atoms with E-state index in [2.05, 4.69) is 4.98 Å². The zero-order chi connectivity index (χ0) is 18.0. The predicted molar refractivity (Wildman–Crippen MR) is 99.3 cm³/mol. The van der Waals surface area contributed by atoms with Crippen LogP contribution in [0, 0.1) is 5.41 Å². The molecule has 0 radical (unpaired) electrons. The summed E-state index contributed by atoms with van der Waals surface area (Å²) in [6, 6.07) is 8.51. The SMILES string of the molecule is N=C(C1=C(N)CN(C(=O)c2cccc(Cl)c2Cl)CC1)c1ccncc1. The number of benzene rings is 1. The molecule has 2 heterocycles. The summed E-state index contributed by atoms with van der Waals surface area (Å²) < 4.78 is 0. The molecule has 0 saturated carbocycles. The lowest BCUT2D eigenvalue weighted by Crippen LogP contribution is -2.40. The van der Waals surface area contributed by atoms with Gasteiger partial charge in [-0.15, -0.1) is 0 Å². The van der Waals surface area contributed by atoms with Gasteiger partial charge in [-0.05, 0) is 36.3 Å². The summed E-state index contributed by atoms with van der Waals surface area (Å²) in [5, 5.41) is 8.93. The number of halogens is 2. The van der Waals surface area contributed by atoms with Crippen molar-refractivity contribution in [3.05, 3.63) is 75.2 Å². The van der Waals surface area contributed by atoms with Crippen LogP contribution in [0.15, 0.2) is 54.0 Å². The molecule has 25 heavy (non-hydrogen) atoms. The zero-order valence-electron chi connectivity index (χ0n) is 13.3. The maximum Gasteiger partial charge on any atom is 0.255 e. The van der Waals surface area contributed by atoms with Crippen LogP contribution in [0.3, 0.4) is 0 Å². The number of hydrogen-bond donors (Lipinski definition) is 2. The highest BCUT2D eigenvalue weighted by Crippen LogP contribution is 2.28. The predicted octanol–water partition coefficient (Wildman–Crippen LogP) is 3.52. The summed E-state index contributed by atoms with van der Waals surface area (Å²) in [6.07, 6.45) is 3.79. The molecule has 1 aliphatic heterocycles. The first-order chi connectivity index (χ1) is 12.0. The normalized spacial score (nSPS) is 14.6. The molecule has 3 N–H and O–H groups in total. The van der Waals surface area contributed by atoms with Crippen molar-refractivity contribution in [3.8, 4) is 0 Å². The summed E-state index contributed by atoms with van der Waals surface area (Å²) in [5.74, 6) is -0.218. The van der Waals surface area contributed by atoms with Crippen LogP contribution in [-0.2, 0) is 0 Å². The van der Waals surface area contributed by atoms with Crippen molar-refractivity contribution in [1.82, 2.24) is 9.88 Å². The first-order valence-corrected chi connectivity index (χ1v) is 8.44. The fourth-order valence-electron chi connectivity index (χ4n) is 2.78. The number of nitrogens with zero attached hydrogens (tertiary/aromatic N) is 2. The van der Waals surface area contributed by atoms with Crippen LogP contribution < -0.4 is 5.73 Å². The van der Waals surface area contributed by atoms with E-state index in [4.69, 9.17) is 34.3 Å². The Balaban J connectivity index is 1.81. The summed E-state index contributed by atoms with van der Waals surface area (Å²) in [6.45, 7) is 0.718. The summed E-state index contributed by atoms with van der Waals surface area (Å²) >= 11 is 12.1. The molecule has 0 saturated heterocycles. The number of nitrogens with two attached hydrogens (primary N) is 1. The van der Waals surface area contributed by atoms with Crippen molar-refractivity contribution in [2.45, 2.75) is 6.42 Å². The van der Waals surface area contributed by atoms with E-state index in [1.807, 2.05) is 0 Å². The van der Waals surface area contributed by atoms with Gasteiger partial charge in [0.05, 0.1) is 27.9 Å². The van der Waals surface area contributed by atoms with Crippen LogP contribution >= 0.6 is 23.2 Å². The number of hydrogen-bond acceptors (Lipinski definition) is 4. The van der Waals surface area contributed by atoms with Crippen LogP contribution in [0.4, 0.5) is 0 Å². The maximum atomic E-state index is 12.7. The Morgan fingerprint density at radius 3 is 2.60 bits per heavy atom. The van der Waals surface area contributed by atoms with Gasteiger partial charge in [-0.2, -0.15) is 0 Å². The lowest BCUT2D eigenvalue weighted by atomic mass is 9.95. The minimum atomic E-state index is -0.218. The zero-order valence-corrected chi connectivity index (χ0v) is 14.8. The van der Waals surface area contributed by atoms with E-state index in [9.17, 15) is 4.79 Å². The number of carbonyl (C=O) groups is 1. The smallest absolute Gasteiger partial charge is 0.255 e. The third-order valence-electron chi connectivity index (χ3n) is 4.12. The Labute approximate surface area is 155 Å². The number of carbonyl (C=O) groups excluding carboxylic acids is 1. The van der Waals surface area contributed by atoms with E-state index in [0.29, 0.717) is 35.0 Å². The molecule has 0 spiro atoms. The summed E-state index contributed by atoms with van der Waals surface area (Å²) in [4.78, 5) is 18.3. The van der Waals surface area contributed by atoms with E-state index >= 15 is 0 Å². The molecular formula is C18H16Cl2N4O. The van der Waals surface area contributed by atoms with E-state index in [0.717, 1.165) is 11.1 Å². The molecule has 1 amide bonds. The first-order valence-electron chi connectivity index (χ1n) is 7.69. The van der Waals surface area contributed by atoms with Crippen molar-refractivity contribution in [2.24, 2.45) is 5.73 Å². The quantitative estimate of drug-likeness (QED) is 0.806. The monoisotopic (exact) mass is 374 g/mol. The third kappa shape index (κ3) is 3.52. The molecule has 7 heteroatoms. The van der Waals surface area contributed by atoms with E-state index in [-0.39, 0.29) is 17.5 Å². The van der Waals surface area contributed by atoms with Crippen LogP contribution in [0.1, 0.15) is 22.3 Å². The standard InChI is InChI=1S/C18H16Cl2N4O/c19-14-3-1-2-13(16(14)20)18(25)24-9-6-12(15(21)10-24)17(22)11-4-7-23-8-5-11/h1-5,7-8,22H,6,9-10,21H2. The Morgan fingerprint density at radius 1 is 1.20 bits per heavy atom. The number of rotatable bonds is 3. The van der Waals surface area contributed by atoms with Crippen molar-refractivity contribution in [1.29, 1.82) is 5.41 Å². The topological polar surface area (TPSA) is 83.1 Å². The molecule has 0 atom stereocenters. The second kappa shape index (κ2) is 7.25. The van der Waals surface area contributed by atoms with E-state index in [1.165, 1.54) is 0 Å². The van der Waals surface area contributed by atoms with Gasteiger partial charge >= 0.3 is 0 Å². The van der Waals surface area contributed by atoms with E-state index < -0.39 is 0 Å². The molecule has 1 aromatic heterocycles. The molecule has 5 nitrogen and oxygen atoms in total. The maximum absolute atomic E-state index is 12.7. The number of aromatic nitrogens is 1. The summed E-state index contributed by atoms with van der Waals surface area (Å²) in [5.41, 5.74) is 8.91. The lowest BCUT2D eigenvalue weighted by Gasteiger charge is -2.30. The molecule has 128 valence electrons. The summed E-state index contributed by atoms with van der Waals surface area (Å²) in [7, 11) is 0. The molecule has 0 unspecified atom stereocenters. The van der Waals surface area contributed by atoms with Gasteiger partial charge in [0.15, 0.2) is 0 Å². The highest BCUT2D eigenvalue weighted by atomic mass is 35.5. The fraction of sp³-hybridized carbons (Fsp3) is 0.167. The van der Waals surface area contributed by atoms with Crippen LogP contribution in [0.5, 0.6) is 0 Å². The van der Waals surface area contributed by atoms with Crippen molar-refractivity contribution < 1.29 is 4.79 Å². The molecule has 1 aliphatic rings. The fourth-order valence-corrected chi connectivity index (χ4v) is 3.16. The molecule has 0 fully saturated rings. The number of pyridine rings is 1. The average Bonchev–Trinajstić information content (AvgIpc) is 2.63. The molecule has 0 aliphatic carbocycles. The number of nitrogens with one attached hydrogen (secondary N) is 1. The Bertz CT molecular complexity index is 865. The van der Waals surface area contributed by atoms with E-state index in [1.54, 1.807) is 47.6 Å². The van der Waals surface area contributed by atoms with Crippen molar-refractivity contribution >= 4 is 34.8 Å². The second-order valence-electron chi connectivity index (χ2n) is 5.69. The van der Waals surface area contributed by atoms with Gasteiger partial charge in [0.25, 0.3) is 5.91 Å². The van der Waals surface area contributed by atoms with Gasteiger partial charge in [-0.3, -0.25) is 15.2 Å².